The van der Waals surface area contributed by atoms with Crippen LogP contribution in [0.1, 0.15) is 13.8 Å². The van der Waals surface area contributed by atoms with E-state index in [9.17, 15) is 13.2 Å². The van der Waals surface area contributed by atoms with Gasteiger partial charge in [0.05, 0.1) is 12.0 Å². The summed E-state index contributed by atoms with van der Waals surface area (Å²) in [4.78, 5) is 11.5. The minimum Gasteiger partial charge on any atom is -0.468 e. The zero-order valence-corrected chi connectivity index (χ0v) is 10.7. The van der Waals surface area contributed by atoms with Gasteiger partial charge in [-0.25, -0.2) is 8.42 Å². The molecule has 17 heavy (non-hydrogen) atoms. The van der Waals surface area contributed by atoms with Crippen molar-refractivity contribution in [3.63, 3.8) is 0 Å². The van der Waals surface area contributed by atoms with Crippen LogP contribution in [0.2, 0.25) is 0 Å². The summed E-state index contributed by atoms with van der Waals surface area (Å²) >= 11 is 0. The fraction of sp³-hybridized carbons (Fsp3) is 0.364. The van der Waals surface area contributed by atoms with Crippen molar-refractivity contribution in [2.75, 3.05) is 7.11 Å². The Kier molecular flexibility index (Phi) is 3.90. The largest absolute Gasteiger partial charge is 0.468 e. The van der Waals surface area contributed by atoms with Gasteiger partial charge in [0.1, 0.15) is 5.54 Å². The van der Waals surface area contributed by atoms with Gasteiger partial charge in [-0.1, -0.05) is 18.2 Å². The monoisotopic (exact) mass is 257 g/mol. The lowest BCUT2D eigenvalue weighted by Gasteiger charge is -2.22. The number of ether oxygens (including phenoxy) is 1. The van der Waals surface area contributed by atoms with Gasteiger partial charge in [-0.05, 0) is 26.0 Å². The van der Waals surface area contributed by atoms with Crippen LogP contribution in [0.25, 0.3) is 0 Å². The normalized spacial score (nSPS) is 12.2. The number of carbonyl (C=O) groups excluding carboxylic acids is 1. The van der Waals surface area contributed by atoms with Gasteiger partial charge in [-0.2, -0.15) is 4.72 Å². The fourth-order valence-electron chi connectivity index (χ4n) is 1.29. The second-order valence-corrected chi connectivity index (χ2v) is 5.72. The summed E-state index contributed by atoms with van der Waals surface area (Å²) in [5, 5.41) is 0. The van der Waals surface area contributed by atoms with Crippen molar-refractivity contribution in [1.82, 2.24) is 4.72 Å². The molecule has 1 N–H and O–H groups in total. The molecular weight excluding hydrogens is 242 g/mol. The van der Waals surface area contributed by atoms with Crippen molar-refractivity contribution in [1.29, 1.82) is 0 Å². The van der Waals surface area contributed by atoms with Crippen LogP contribution < -0.4 is 4.72 Å². The van der Waals surface area contributed by atoms with Crippen LogP contribution in [0.4, 0.5) is 0 Å². The van der Waals surface area contributed by atoms with Crippen LogP contribution in [0.3, 0.4) is 0 Å². The SMILES string of the molecule is COC(=O)C(C)(C)NS(=O)(=O)c1ccccc1. The summed E-state index contributed by atoms with van der Waals surface area (Å²) in [5.41, 5.74) is -1.30. The Bertz CT molecular complexity index is 493. The van der Waals surface area contributed by atoms with Crippen molar-refractivity contribution in [2.45, 2.75) is 24.3 Å². The predicted molar refractivity (Wildman–Crippen MR) is 62.9 cm³/mol. The molecule has 0 saturated carbocycles. The molecule has 0 bridgehead atoms. The molecule has 0 amide bonds. The lowest BCUT2D eigenvalue weighted by Crippen LogP contribution is -2.50. The van der Waals surface area contributed by atoms with E-state index < -0.39 is 21.5 Å². The van der Waals surface area contributed by atoms with E-state index in [0.29, 0.717) is 0 Å². The number of benzene rings is 1. The molecule has 0 unspecified atom stereocenters. The fourth-order valence-corrected chi connectivity index (χ4v) is 2.68. The quantitative estimate of drug-likeness (QED) is 0.814. The average molecular weight is 257 g/mol. The maximum absolute atomic E-state index is 11.9. The molecule has 0 atom stereocenters. The van der Waals surface area contributed by atoms with Gasteiger partial charge in [0, 0.05) is 0 Å². The van der Waals surface area contributed by atoms with Gasteiger partial charge in [-0.15, -0.1) is 0 Å². The van der Waals surface area contributed by atoms with Crippen LogP contribution in [-0.4, -0.2) is 27.0 Å². The van der Waals surface area contributed by atoms with E-state index in [0.717, 1.165) is 0 Å². The van der Waals surface area contributed by atoms with E-state index in [1.165, 1.54) is 33.1 Å². The number of methoxy groups -OCH3 is 1. The summed E-state index contributed by atoms with van der Waals surface area (Å²) in [7, 11) is -2.51. The topological polar surface area (TPSA) is 72.5 Å². The average Bonchev–Trinajstić information content (AvgIpc) is 2.27. The molecule has 0 aliphatic rings. The molecule has 1 rings (SSSR count). The number of carbonyl (C=O) groups is 1. The van der Waals surface area contributed by atoms with Crippen LogP contribution in [0.15, 0.2) is 35.2 Å². The molecule has 5 nitrogen and oxygen atoms in total. The minimum absolute atomic E-state index is 0.108. The Morgan fingerprint density at radius 3 is 2.24 bits per heavy atom. The first kappa shape index (κ1) is 13.7. The Labute approximate surface area is 101 Å². The molecule has 0 spiro atoms. The second-order valence-electron chi connectivity index (χ2n) is 4.04. The molecule has 0 aliphatic heterocycles. The first-order chi connectivity index (χ1) is 7.79. The van der Waals surface area contributed by atoms with E-state index in [-0.39, 0.29) is 4.90 Å². The van der Waals surface area contributed by atoms with Crippen molar-refractivity contribution >= 4 is 16.0 Å². The molecule has 0 radical (unpaired) electrons. The Morgan fingerprint density at radius 1 is 1.24 bits per heavy atom. The highest BCUT2D eigenvalue weighted by Gasteiger charge is 2.33. The maximum atomic E-state index is 11.9. The number of hydrogen-bond donors (Lipinski definition) is 1. The van der Waals surface area contributed by atoms with Crippen molar-refractivity contribution in [3.05, 3.63) is 30.3 Å². The molecule has 6 heteroatoms. The predicted octanol–water partition coefficient (Wildman–Crippen LogP) is 0.916. The molecule has 0 aromatic heterocycles. The van der Waals surface area contributed by atoms with Crippen molar-refractivity contribution in [3.8, 4) is 0 Å². The highest BCUT2D eigenvalue weighted by atomic mass is 32.2. The highest BCUT2D eigenvalue weighted by molar-refractivity contribution is 7.89. The molecular formula is C11H15NO4S. The zero-order chi connectivity index (χ0) is 13.1. The summed E-state index contributed by atoms with van der Waals surface area (Å²) in [6, 6.07) is 7.84. The zero-order valence-electron chi connectivity index (χ0n) is 9.93. The number of sulfonamides is 1. The standard InChI is InChI=1S/C11H15NO4S/c1-11(2,10(13)16-3)12-17(14,15)9-7-5-4-6-8-9/h4-8,12H,1-3H3. The smallest absolute Gasteiger partial charge is 0.326 e. The molecule has 94 valence electrons. The van der Waals surface area contributed by atoms with E-state index in [2.05, 4.69) is 9.46 Å². The summed E-state index contributed by atoms with van der Waals surface area (Å²) < 4.78 is 30.7. The van der Waals surface area contributed by atoms with E-state index in [1.807, 2.05) is 0 Å². The lowest BCUT2D eigenvalue weighted by molar-refractivity contribution is -0.146. The molecule has 0 aliphatic carbocycles. The van der Waals surface area contributed by atoms with Crippen LogP contribution in [0.5, 0.6) is 0 Å². The third kappa shape index (κ3) is 3.28. The van der Waals surface area contributed by atoms with Gasteiger partial charge in [0.25, 0.3) is 0 Å². The van der Waals surface area contributed by atoms with Crippen LogP contribution in [0, 0.1) is 0 Å². The minimum atomic E-state index is -3.72. The maximum Gasteiger partial charge on any atom is 0.326 e. The highest BCUT2D eigenvalue weighted by Crippen LogP contribution is 2.13. The number of nitrogens with one attached hydrogen (secondary N) is 1. The first-order valence-electron chi connectivity index (χ1n) is 4.97. The second kappa shape index (κ2) is 4.85. The van der Waals surface area contributed by atoms with Crippen LogP contribution in [-0.2, 0) is 19.6 Å². The number of hydrogen-bond acceptors (Lipinski definition) is 4. The van der Waals surface area contributed by atoms with Gasteiger partial charge in [0.2, 0.25) is 10.0 Å². The van der Waals surface area contributed by atoms with E-state index in [4.69, 9.17) is 0 Å². The molecule has 0 heterocycles. The van der Waals surface area contributed by atoms with Crippen molar-refractivity contribution in [2.24, 2.45) is 0 Å². The van der Waals surface area contributed by atoms with Crippen molar-refractivity contribution < 1.29 is 17.9 Å². The van der Waals surface area contributed by atoms with Gasteiger partial charge >= 0.3 is 5.97 Å². The summed E-state index contributed by atoms with van der Waals surface area (Å²) in [6.07, 6.45) is 0. The molecule has 0 saturated heterocycles. The van der Waals surface area contributed by atoms with E-state index >= 15 is 0 Å². The first-order valence-corrected chi connectivity index (χ1v) is 6.45. The Balaban J connectivity index is 3.00. The summed E-state index contributed by atoms with van der Waals surface area (Å²) in [5.74, 6) is -0.642. The third-order valence-electron chi connectivity index (χ3n) is 2.14. The van der Waals surface area contributed by atoms with Gasteiger partial charge in [0.15, 0.2) is 0 Å². The van der Waals surface area contributed by atoms with Gasteiger partial charge in [-0.3, -0.25) is 4.79 Å². The van der Waals surface area contributed by atoms with E-state index in [1.54, 1.807) is 18.2 Å². The third-order valence-corrected chi connectivity index (χ3v) is 3.81. The Hall–Kier alpha value is -1.40. The Morgan fingerprint density at radius 2 is 1.76 bits per heavy atom. The molecule has 1 aromatic carbocycles. The number of esters is 1. The summed E-state index contributed by atoms with van der Waals surface area (Å²) in [6.45, 7) is 2.89. The molecule has 1 aromatic rings. The number of rotatable bonds is 4. The van der Waals surface area contributed by atoms with Gasteiger partial charge < -0.3 is 4.74 Å². The molecule has 0 fully saturated rings. The van der Waals surface area contributed by atoms with Crippen LogP contribution >= 0.6 is 0 Å². The lowest BCUT2D eigenvalue weighted by atomic mass is 10.1.